The van der Waals surface area contributed by atoms with Crippen LogP contribution in [0.15, 0.2) is 46.5 Å². The first-order valence-electron chi connectivity index (χ1n) is 9.52. The van der Waals surface area contributed by atoms with Crippen LogP contribution in [-0.4, -0.2) is 13.1 Å². The van der Waals surface area contributed by atoms with E-state index in [9.17, 15) is 0 Å². The largest absolute Gasteiger partial charge is 0.313 e. The summed E-state index contributed by atoms with van der Waals surface area (Å²) in [5.41, 5.74) is 4.51. The highest BCUT2D eigenvalue weighted by Gasteiger charge is 2.21. The third-order valence-corrected chi connectivity index (χ3v) is 5.23. The van der Waals surface area contributed by atoms with Crippen LogP contribution >= 0.6 is 15.9 Å². The van der Waals surface area contributed by atoms with Crippen molar-refractivity contribution in [1.29, 1.82) is 0 Å². The highest BCUT2D eigenvalue weighted by atomic mass is 79.9. The van der Waals surface area contributed by atoms with Gasteiger partial charge < -0.3 is 5.32 Å². The molecule has 1 N–H and O–H groups in total. The first-order valence-corrected chi connectivity index (χ1v) is 10.3. The quantitative estimate of drug-likeness (QED) is 0.398. The minimum Gasteiger partial charge on any atom is -0.313 e. The van der Waals surface area contributed by atoms with Gasteiger partial charge in [-0.15, -0.1) is 0 Å². The van der Waals surface area contributed by atoms with Crippen molar-refractivity contribution in [1.82, 2.24) is 5.32 Å². The maximum Gasteiger partial charge on any atom is 0.0212 e. The van der Waals surface area contributed by atoms with E-state index >= 15 is 0 Å². The van der Waals surface area contributed by atoms with Gasteiger partial charge in [0.1, 0.15) is 0 Å². The minimum absolute atomic E-state index is 0.734. The Balaban J connectivity index is 0.00000139. The number of benzene rings is 1. The maximum absolute atomic E-state index is 3.76. The molecule has 2 heteroatoms. The Hall–Kier alpha value is -0.860. The lowest BCUT2D eigenvalue weighted by Gasteiger charge is -2.26. The molecule has 0 aliphatic heterocycles. The maximum atomic E-state index is 3.76. The van der Waals surface area contributed by atoms with Crippen molar-refractivity contribution in [2.75, 3.05) is 13.1 Å². The Morgan fingerprint density at radius 2 is 2.08 bits per heavy atom. The van der Waals surface area contributed by atoms with Gasteiger partial charge in [-0.2, -0.15) is 0 Å². The van der Waals surface area contributed by atoms with E-state index in [1.54, 1.807) is 11.1 Å². The monoisotopic (exact) mass is 391 g/mol. The summed E-state index contributed by atoms with van der Waals surface area (Å²) >= 11 is 3.76. The third-order valence-electron chi connectivity index (χ3n) is 4.54. The molecule has 0 spiro atoms. The van der Waals surface area contributed by atoms with Crippen molar-refractivity contribution in [3.63, 3.8) is 0 Å². The fourth-order valence-electron chi connectivity index (χ4n) is 3.41. The Bertz CT molecular complexity index is 531. The Morgan fingerprint density at radius 1 is 1.29 bits per heavy atom. The van der Waals surface area contributed by atoms with Gasteiger partial charge >= 0.3 is 0 Å². The van der Waals surface area contributed by atoms with Gasteiger partial charge in [-0.05, 0) is 81.2 Å². The molecular weight excluding hydrogens is 358 g/mol. The van der Waals surface area contributed by atoms with E-state index in [0.717, 1.165) is 19.0 Å². The van der Waals surface area contributed by atoms with Crippen molar-refractivity contribution in [3.8, 4) is 0 Å². The molecule has 0 bridgehead atoms. The second kappa shape index (κ2) is 12.5. The summed E-state index contributed by atoms with van der Waals surface area (Å²) < 4.78 is 1.31. The molecule has 1 aliphatic carbocycles. The summed E-state index contributed by atoms with van der Waals surface area (Å²) in [7, 11) is 0. The summed E-state index contributed by atoms with van der Waals surface area (Å²) in [5, 5.41) is 3.57. The van der Waals surface area contributed by atoms with E-state index in [0.29, 0.717) is 0 Å². The zero-order valence-electron chi connectivity index (χ0n) is 15.9. The molecule has 0 unspecified atom stereocenters. The number of halogens is 1. The van der Waals surface area contributed by atoms with Gasteiger partial charge in [-0.25, -0.2) is 0 Å². The van der Waals surface area contributed by atoms with Gasteiger partial charge in [0, 0.05) is 11.0 Å². The topological polar surface area (TPSA) is 12.0 Å². The van der Waals surface area contributed by atoms with Gasteiger partial charge in [0.15, 0.2) is 0 Å². The first kappa shape index (κ1) is 21.2. The third kappa shape index (κ3) is 6.57. The minimum atomic E-state index is 0.734. The highest BCUT2D eigenvalue weighted by molar-refractivity contribution is 9.10. The smallest absolute Gasteiger partial charge is 0.0212 e. The van der Waals surface area contributed by atoms with Crippen LogP contribution in [-0.2, 0) is 6.42 Å². The molecule has 0 fully saturated rings. The van der Waals surface area contributed by atoms with Crippen LogP contribution in [0, 0.1) is 0 Å². The van der Waals surface area contributed by atoms with Crippen LogP contribution in [0.2, 0.25) is 0 Å². The Labute approximate surface area is 157 Å². The standard InChI is InChI=1S/C20H28BrN.C2H6/c1-3-8-16(4-2)15-22-14-7-12-18-10-5-9-17-11-6-13-19(21)20(17)18;1-2/h3-4,6,8,11,13,18,22H,5,7,9-10,12,14-15H2,1-2H3;1-2H3/b8-3-,16-4+;/t18-;/m1./s1. The molecule has 0 amide bonds. The molecule has 134 valence electrons. The highest BCUT2D eigenvalue weighted by Crippen LogP contribution is 2.38. The predicted molar refractivity (Wildman–Crippen MR) is 112 cm³/mol. The van der Waals surface area contributed by atoms with Crippen molar-refractivity contribution in [2.24, 2.45) is 0 Å². The zero-order chi connectivity index (χ0) is 17.8. The summed E-state index contributed by atoms with van der Waals surface area (Å²) in [6.45, 7) is 10.3. The summed E-state index contributed by atoms with van der Waals surface area (Å²) in [5.74, 6) is 0.734. The average molecular weight is 392 g/mol. The molecule has 0 aromatic heterocycles. The van der Waals surface area contributed by atoms with Crippen LogP contribution in [0.5, 0.6) is 0 Å². The molecule has 0 radical (unpaired) electrons. The lowest BCUT2D eigenvalue weighted by atomic mass is 9.80. The molecule has 0 heterocycles. The number of fused-ring (bicyclic) bond motifs is 1. The van der Waals surface area contributed by atoms with Gasteiger partial charge in [-0.1, -0.05) is 60.1 Å². The van der Waals surface area contributed by atoms with Crippen molar-refractivity contribution < 1.29 is 0 Å². The second-order valence-electron chi connectivity index (χ2n) is 6.08. The first-order chi connectivity index (χ1) is 11.8. The van der Waals surface area contributed by atoms with Gasteiger partial charge in [-0.3, -0.25) is 0 Å². The molecular formula is C22H34BrN. The van der Waals surface area contributed by atoms with Gasteiger partial charge in [0.25, 0.3) is 0 Å². The molecule has 1 nitrogen and oxygen atoms in total. The fourth-order valence-corrected chi connectivity index (χ4v) is 4.14. The van der Waals surface area contributed by atoms with Gasteiger partial charge in [0.2, 0.25) is 0 Å². The Kier molecular flexibility index (Phi) is 11.0. The lowest BCUT2D eigenvalue weighted by Crippen LogP contribution is -2.19. The summed E-state index contributed by atoms with van der Waals surface area (Å²) in [6.07, 6.45) is 12.9. The molecule has 24 heavy (non-hydrogen) atoms. The number of aryl methyl sites for hydroxylation is 1. The molecule has 1 atom stereocenters. The van der Waals surface area contributed by atoms with E-state index < -0.39 is 0 Å². The molecule has 0 saturated heterocycles. The fraction of sp³-hybridized carbons (Fsp3) is 0.545. The predicted octanol–water partition coefficient (Wildman–Crippen LogP) is 6.79. The molecule has 2 rings (SSSR count). The van der Waals surface area contributed by atoms with Crippen LogP contribution in [0.3, 0.4) is 0 Å². The van der Waals surface area contributed by atoms with Crippen LogP contribution in [0.25, 0.3) is 0 Å². The van der Waals surface area contributed by atoms with Gasteiger partial charge in [0.05, 0.1) is 0 Å². The number of hydrogen-bond donors (Lipinski definition) is 1. The number of nitrogens with one attached hydrogen (secondary N) is 1. The van der Waals surface area contributed by atoms with Crippen molar-refractivity contribution in [3.05, 3.63) is 57.6 Å². The molecule has 1 aliphatic rings. The average Bonchev–Trinajstić information content (AvgIpc) is 2.62. The SMILES string of the molecule is C/C=C\C(=C/C)CNCCC[C@H]1CCCc2cccc(Br)c21.CC. The number of rotatable bonds is 7. The van der Waals surface area contributed by atoms with Crippen LogP contribution < -0.4 is 5.32 Å². The van der Waals surface area contributed by atoms with Crippen LogP contribution in [0.1, 0.15) is 70.4 Å². The molecule has 1 aromatic carbocycles. The number of hydrogen-bond acceptors (Lipinski definition) is 1. The number of allylic oxidation sites excluding steroid dienone is 2. The van der Waals surface area contributed by atoms with Crippen molar-refractivity contribution in [2.45, 2.75) is 65.7 Å². The summed E-state index contributed by atoms with van der Waals surface area (Å²) in [4.78, 5) is 0. The lowest BCUT2D eigenvalue weighted by molar-refractivity contribution is 0.494. The van der Waals surface area contributed by atoms with E-state index in [4.69, 9.17) is 0 Å². The van der Waals surface area contributed by atoms with E-state index in [2.05, 4.69) is 71.5 Å². The summed E-state index contributed by atoms with van der Waals surface area (Å²) in [6, 6.07) is 6.68. The second-order valence-corrected chi connectivity index (χ2v) is 6.94. The zero-order valence-corrected chi connectivity index (χ0v) is 17.5. The Morgan fingerprint density at radius 3 is 2.79 bits per heavy atom. The van der Waals surface area contributed by atoms with E-state index in [1.165, 1.54) is 42.1 Å². The van der Waals surface area contributed by atoms with E-state index in [-0.39, 0.29) is 0 Å². The molecule has 0 saturated carbocycles. The van der Waals surface area contributed by atoms with Crippen molar-refractivity contribution >= 4 is 15.9 Å². The van der Waals surface area contributed by atoms with Crippen LogP contribution in [0.4, 0.5) is 0 Å². The normalized spacial score (nSPS) is 17.4. The molecule has 1 aromatic rings. The van der Waals surface area contributed by atoms with E-state index in [1.807, 2.05) is 13.8 Å².